The van der Waals surface area contributed by atoms with Gasteiger partial charge in [0.05, 0.1) is 70.4 Å². The first kappa shape index (κ1) is 42.7. The molecule has 6 heterocycles. The smallest absolute Gasteiger partial charge is 0.394 e. The van der Waals surface area contributed by atoms with E-state index < -0.39 is 96.6 Å². The van der Waals surface area contributed by atoms with E-state index >= 15 is 4.39 Å². The molecule has 316 valence electrons. The molecule has 27 heteroatoms. The largest absolute Gasteiger partial charge is 0.475 e. The van der Waals surface area contributed by atoms with Gasteiger partial charge in [-0.05, 0) is 12.1 Å². The maximum atomic E-state index is 16.2. The van der Waals surface area contributed by atoms with E-state index in [1.54, 1.807) is 42.5 Å². The Morgan fingerprint density at radius 2 is 1.67 bits per heavy atom. The molecule has 2 saturated heterocycles. The van der Waals surface area contributed by atoms with Crippen molar-refractivity contribution in [1.29, 1.82) is 10.5 Å². The number of phosphoric ester groups is 2. The number of carbonyl (C=O) groups excluding carboxylic acids is 1. The lowest BCUT2D eigenvalue weighted by atomic mass is 10.1. The van der Waals surface area contributed by atoms with Crippen LogP contribution >= 0.6 is 15.6 Å². The fourth-order valence-electron chi connectivity index (χ4n) is 6.32. The van der Waals surface area contributed by atoms with Gasteiger partial charge in [0.25, 0.3) is 11.5 Å². The van der Waals surface area contributed by atoms with Gasteiger partial charge < -0.3 is 29.8 Å². The molecule has 5 aromatic rings. The van der Waals surface area contributed by atoms with E-state index in [0.29, 0.717) is 5.56 Å². The standard InChI is InChI=1S/C33H34FN11O13P2/c34-24-27(21(13-46)56-33(24)45-18-42-26-30(45)39-16-40-32(26)48)58-60(51,53-11-5-9-36)54-14-22-20(57-59(49,50)52-10-4-8-35)12-23(55-22)44-17-41-25-28(37-15-38-29(25)44)43-31(47)19-6-2-1-3-7-19/h1-3,6-7,15-18,20-24,27,33,46H,4-5,10-14H2,(H,49,50)(H,39,40,48)(H,37,38,43,47)/t20-,21?,22?,23?,24+,27+,33?,60?/m0/s1. The van der Waals surface area contributed by atoms with Crippen molar-refractivity contribution in [3.63, 3.8) is 0 Å². The molecule has 24 nitrogen and oxygen atoms in total. The molecule has 2 fully saturated rings. The normalized spacial score (nSPS) is 24.8. The number of aliphatic hydroxyl groups is 1. The molecule has 0 radical (unpaired) electrons. The lowest BCUT2D eigenvalue weighted by Crippen LogP contribution is -2.34. The quantitative estimate of drug-likeness (QED) is 0.0726. The van der Waals surface area contributed by atoms with E-state index in [1.165, 1.54) is 17.2 Å². The van der Waals surface area contributed by atoms with E-state index in [-0.39, 0.29) is 47.4 Å². The Morgan fingerprint density at radius 3 is 2.42 bits per heavy atom. The first-order valence-corrected chi connectivity index (χ1v) is 20.9. The van der Waals surface area contributed by atoms with Gasteiger partial charge >= 0.3 is 15.6 Å². The van der Waals surface area contributed by atoms with Crippen LogP contribution in [0.15, 0.2) is 60.4 Å². The number of aromatic nitrogens is 8. The minimum atomic E-state index is -4.95. The van der Waals surface area contributed by atoms with Crippen molar-refractivity contribution in [3.05, 3.63) is 71.6 Å². The van der Waals surface area contributed by atoms with Gasteiger partial charge in [-0.15, -0.1) is 0 Å². The molecular weight excluding hydrogens is 839 g/mol. The summed E-state index contributed by atoms with van der Waals surface area (Å²) in [6, 6.07) is 11.9. The Balaban J connectivity index is 1.13. The van der Waals surface area contributed by atoms with Gasteiger partial charge in [0.2, 0.25) is 0 Å². The summed E-state index contributed by atoms with van der Waals surface area (Å²) in [6.45, 7) is -2.61. The third-order valence-corrected chi connectivity index (χ3v) is 11.6. The third kappa shape index (κ3) is 9.32. The average molecular weight is 874 g/mol. The first-order chi connectivity index (χ1) is 28.9. The summed E-state index contributed by atoms with van der Waals surface area (Å²) in [5.74, 6) is -0.409. The number of aromatic amines is 1. The summed E-state index contributed by atoms with van der Waals surface area (Å²) in [6.07, 6.45) is -7.06. The Hall–Kier alpha value is -5.40. The highest BCUT2D eigenvalue weighted by Gasteiger charge is 2.52. The van der Waals surface area contributed by atoms with Crippen LogP contribution in [0.2, 0.25) is 0 Å². The van der Waals surface area contributed by atoms with Gasteiger partial charge in [0.15, 0.2) is 40.5 Å². The second-order valence-corrected chi connectivity index (χ2v) is 15.9. The monoisotopic (exact) mass is 873 g/mol. The zero-order valence-corrected chi connectivity index (χ0v) is 32.7. The number of anilines is 1. The molecule has 7 rings (SSSR count). The van der Waals surface area contributed by atoms with Crippen LogP contribution in [0.4, 0.5) is 10.2 Å². The molecule has 6 unspecified atom stereocenters. The van der Waals surface area contributed by atoms with Crippen molar-refractivity contribution < 1.29 is 60.4 Å². The highest BCUT2D eigenvalue weighted by atomic mass is 31.2. The Bertz CT molecular complexity index is 2570. The molecule has 9 atom stereocenters. The molecule has 4 N–H and O–H groups in total. The number of fused-ring (bicyclic) bond motifs is 2. The number of nitriles is 2. The fourth-order valence-corrected chi connectivity index (χ4v) is 8.66. The van der Waals surface area contributed by atoms with E-state index in [4.69, 9.17) is 42.6 Å². The van der Waals surface area contributed by atoms with E-state index in [2.05, 4.69) is 35.2 Å². The molecule has 1 amide bonds. The van der Waals surface area contributed by atoms with Crippen molar-refractivity contribution in [2.24, 2.45) is 0 Å². The molecule has 0 aliphatic carbocycles. The van der Waals surface area contributed by atoms with Crippen LogP contribution in [0, 0.1) is 22.7 Å². The number of nitrogens with zero attached hydrogens (tertiary/aromatic N) is 9. The van der Waals surface area contributed by atoms with Crippen molar-refractivity contribution in [3.8, 4) is 12.1 Å². The van der Waals surface area contributed by atoms with Crippen LogP contribution in [0.25, 0.3) is 22.3 Å². The maximum absolute atomic E-state index is 16.2. The number of phosphoric acid groups is 2. The molecule has 0 bridgehead atoms. The molecule has 2 aliphatic heterocycles. The number of hydrogen-bond acceptors (Lipinski definition) is 19. The molecule has 60 heavy (non-hydrogen) atoms. The van der Waals surface area contributed by atoms with Gasteiger partial charge in [-0.3, -0.25) is 41.3 Å². The number of ether oxygens (including phenoxy) is 2. The Morgan fingerprint density at radius 1 is 0.950 bits per heavy atom. The Kier molecular flexibility index (Phi) is 13.2. The molecule has 1 aromatic carbocycles. The van der Waals surface area contributed by atoms with Crippen LogP contribution in [-0.4, -0.2) is 112 Å². The number of alkyl halides is 1. The third-order valence-electron chi connectivity index (χ3n) is 9.05. The lowest BCUT2D eigenvalue weighted by molar-refractivity contribution is -0.0579. The van der Waals surface area contributed by atoms with Crippen LogP contribution < -0.4 is 10.9 Å². The predicted molar refractivity (Wildman–Crippen MR) is 198 cm³/mol. The summed E-state index contributed by atoms with van der Waals surface area (Å²) in [5, 5.41) is 30.8. The highest BCUT2D eigenvalue weighted by molar-refractivity contribution is 7.48. The van der Waals surface area contributed by atoms with Gasteiger partial charge in [-0.1, -0.05) is 18.2 Å². The number of imidazole rings is 2. The number of aliphatic hydroxyl groups excluding tert-OH is 1. The molecular formula is C33H34FN11O13P2. The summed E-state index contributed by atoms with van der Waals surface area (Å²) in [7, 11) is -9.83. The van der Waals surface area contributed by atoms with E-state index in [0.717, 1.165) is 17.2 Å². The molecule has 0 spiro atoms. The zero-order valence-electron chi connectivity index (χ0n) is 30.9. The SMILES string of the molecule is N#CCCOP(=O)(O)O[C@H]1CC(n2cnc3c(NC(=O)c4ccccc4)ncnc32)OC1COP(=O)(OCCC#N)O[C@@H]1C(CO)OC(n2cnc3c(=O)[nH]cnc32)[C@@H]1F. The van der Waals surface area contributed by atoms with Crippen molar-refractivity contribution in [2.75, 3.05) is 31.7 Å². The number of H-pyrrole nitrogens is 1. The second-order valence-electron chi connectivity index (χ2n) is 12.9. The van der Waals surface area contributed by atoms with E-state index in [9.17, 15) is 28.7 Å². The summed E-state index contributed by atoms with van der Waals surface area (Å²) < 4.78 is 84.9. The molecule has 0 saturated carbocycles. The lowest BCUT2D eigenvalue weighted by Gasteiger charge is -2.26. The number of amides is 1. The maximum Gasteiger partial charge on any atom is 0.475 e. The van der Waals surface area contributed by atoms with Crippen molar-refractivity contribution >= 4 is 49.7 Å². The van der Waals surface area contributed by atoms with Gasteiger partial charge in [-0.25, -0.2) is 38.4 Å². The average Bonchev–Trinajstić information content (AvgIpc) is 4.03. The molecule has 4 aromatic heterocycles. The summed E-state index contributed by atoms with van der Waals surface area (Å²) in [5.41, 5.74) is -0.135. The number of rotatable bonds is 18. The van der Waals surface area contributed by atoms with Crippen LogP contribution in [0.5, 0.6) is 0 Å². The fraction of sp³-hybridized carbons (Fsp3) is 0.424. The second kappa shape index (κ2) is 18.5. The van der Waals surface area contributed by atoms with Crippen molar-refractivity contribution in [2.45, 2.75) is 62.3 Å². The summed E-state index contributed by atoms with van der Waals surface area (Å²) >= 11 is 0. The highest BCUT2D eigenvalue weighted by Crippen LogP contribution is 2.55. The number of halogens is 1. The van der Waals surface area contributed by atoms with Gasteiger partial charge in [0.1, 0.15) is 37.0 Å². The van der Waals surface area contributed by atoms with Crippen molar-refractivity contribution in [1.82, 2.24) is 39.0 Å². The number of nitrogens with one attached hydrogen (secondary N) is 2. The van der Waals surface area contributed by atoms with Crippen LogP contribution in [0.3, 0.4) is 0 Å². The van der Waals surface area contributed by atoms with E-state index in [1.807, 2.05) is 0 Å². The van der Waals surface area contributed by atoms with Crippen LogP contribution in [-0.2, 0) is 41.2 Å². The minimum Gasteiger partial charge on any atom is -0.394 e. The van der Waals surface area contributed by atoms with Gasteiger partial charge in [0, 0.05) is 12.0 Å². The number of carbonyl (C=O) groups is 1. The Labute approximate surface area is 337 Å². The van der Waals surface area contributed by atoms with Gasteiger partial charge in [-0.2, -0.15) is 10.5 Å². The molecule has 2 aliphatic rings. The number of benzene rings is 1. The first-order valence-electron chi connectivity index (χ1n) is 17.9. The summed E-state index contributed by atoms with van der Waals surface area (Å²) in [4.78, 5) is 58.7. The van der Waals surface area contributed by atoms with Crippen LogP contribution in [0.1, 0.15) is 42.1 Å². The predicted octanol–water partition coefficient (Wildman–Crippen LogP) is 2.58. The zero-order chi connectivity index (χ0) is 42.4. The minimum absolute atomic E-state index is 0.0597. The topological polar surface area (TPSA) is 323 Å². The number of hydrogen-bond donors (Lipinski definition) is 4.